The lowest BCUT2D eigenvalue weighted by Crippen LogP contribution is -2.50. The minimum atomic E-state index is 0.421. The molecule has 7 heteroatoms. The molecular weight excluding hydrogens is 588 g/mol. The van der Waals surface area contributed by atoms with E-state index in [0.29, 0.717) is 17.9 Å². The number of hydrogen-bond donors (Lipinski definition) is 0. The second-order valence-electron chi connectivity index (χ2n) is 12.6. The molecule has 2 saturated heterocycles. The van der Waals surface area contributed by atoms with Gasteiger partial charge < -0.3 is 14.4 Å². The Bertz CT molecular complexity index is 1530. The Labute approximate surface area is 258 Å². The van der Waals surface area contributed by atoms with Crippen LogP contribution < -0.4 is 14.0 Å². The van der Waals surface area contributed by atoms with Gasteiger partial charge in [0.25, 0.3) is 0 Å². The molecule has 0 radical (unpaired) electrons. The zero-order chi connectivity index (χ0) is 29.1. The van der Waals surface area contributed by atoms with Gasteiger partial charge in [-0.05, 0) is 95.6 Å². The zero-order valence-corrected chi connectivity index (χ0v) is 26.9. The zero-order valence-electron chi connectivity index (χ0n) is 25.3. The van der Waals surface area contributed by atoms with Crippen LogP contribution >= 0.6 is 15.9 Å². The maximum Gasteiger partial charge on any atom is 0.216 e. The van der Waals surface area contributed by atoms with Gasteiger partial charge in [-0.25, -0.2) is 0 Å². The fourth-order valence-electron chi connectivity index (χ4n) is 6.79. The van der Waals surface area contributed by atoms with Gasteiger partial charge in [-0.3, -0.25) is 9.88 Å². The molecule has 2 aromatic heterocycles. The van der Waals surface area contributed by atoms with Crippen LogP contribution in [0.5, 0.6) is 11.5 Å². The second-order valence-corrected chi connectivity index (χ2v) is 13.5. The largest absolute Gasteiger partial charge is 0.492 e. The molecule has 0 bridgehead atoms. The average Bonchev–Trinajstić information content (AvgIpc) is 2.99. The van der Waals surface area contributed by atoms with Crippen molar-refractivity contribution in [3.63, 3.8) is 0 Å². The Hall–Kier alpha value is -2.74. The van der Waals surface area contributed by atoms with Crippen molar-refractivity contribution in [3.05, 3.63) is 71.0 Å². The van der Waals surface area contributed by atoms with E-state index in [1.165, 1.54) is 48.7 Å². The van der Waals surface area contributed by atoms with Gasteiger partial charge in [-0.1, -0.05) is 22.0 Å². The highest BCUT2D eigenvalue weighted by atomic mass is 79.9. The fourth-order valence-corrected chi connectivity index (χ4v) is 7.15. The first kappa shape index (κ1) is 29.3. The molecule has 0 aliphatic carbocycles. The molecule has 2 fully saturated rings. The molecule has 6 rings (SSSR count). The maximum atomic E-state index is 6.48. The van der Waals surface area contributed by atoms with Gasteiger partial charge in [0, 0.05) is 53.1 Å². The van der Waals surface area contributed by atoms with Crippen LogP contribution in [0.2, 0.25) is 0 Å². The molecule has 3 atom stereocenters. The van der Waals surface area contributed by atoms with Crippen molar-refractivity contribution >= 4 is 37.7 Å². The second kappa shape index (κ2) is 13.3. The summed E-state index contributed by atoms with van der Waals surface area (Å²) in [4.78, 5) is 9.57. The van der Waals surface area contributed by atoms with E-state index in [0.717, 1.165) is 66.3 Å². The molecule has 0 N–H and O–H groups in total. The average molecular weight is 633 g/mol. The number of rotatable bonds is 9. The Morgan fingerprint density at radius 1 is 0.929 bits per heavy atom. The molecule has 222 valence electrons. The summed E-state index contributed by atoms with van der Waals surface area (Å²) in [6.07, 6.45) is 8.99. The summed E-state index contributed by atoms with van der Waals surface area (Å²) < 4.78 is 16.3. The van der Waals surface area contributed by atoms with Gasteiger partial charge >= 0.3 is 0 Å². The molecule has 6 nitrogen and oxygen atoms in total. The number of pyridine rings is 2. The molecule has 0 saturated carbocycles. The van der Waals surface area contributed by atoms with Crippen molar-refractivity contribution in [2.75, 3.05) is 46.4 Å². The van der Waals surface area contributed by atoms with Gasteiger partial charge in [-0.15, -0.1) is 0 Å². The maximum absolute atomic E-state index is 6.48. The fraction of sp³-hybridized carbons (Fsp3) is 0.486. The molecular formula is C35H44BrN4O2+. The number of nitrogens with zero attached hydrogens (tertiary/aromatic N) is 4. The summed E-state index contributed by atoms with van der Waals surface area (Å²) in [5, 5.41) is 2.28. The van der Waals surface area contributed by atoms with E-state index in [1.807, 2.05) is 24.4 Å². The molecule has 4 heterocycles. The van der Waals surface area contributed by atoms with Crippen LogP contribution in [-0.4, -0.2) is 67.3 Å². The third kappa shape index (κ3) is 6.90. The van der Waals surface area contributed by atoms with E-state index in [4.69, 9.17) is 9.47 Å². The first-order chi connectivity index (χ1) is 20.4. The smallest absolute Gasteiger partial charge is 0.216 e. The third-order valence-electron chi connectivity index (χ3n) is 9.10. The number of piperidine rings is 2. The van der Waals surface area contributed by atoms with Crippen LogP contribution in [0.3, 0.4) is 0 Å². The molecule has 2 aliphatic heterocycles. The number of aromatic nitrogens is 2. The minimum absolute atomic E-state index is 0.421. The summed E-state index contributed by atoms with van der Waals surface area (Å²) in [5.41, 5.74) is 3.48. The van der Waals surface area contributed by atoms with E-state index in [2.05, 4.69) is 92.7 Å². The Morgan fingerprint density at radius 2 is 1.69 bits per heavy atom. The lowest BCUT2D eigenvalue weighted by molar-refractivity contribution is -0.675. The number of benzene rings is 2. The van der Waals surface area contributed by atoms with Crippen molar-refractivity contribution in [2.24, 2.45) is 11.8 Å². The first-order valence-corrected chi connectivity index (χ1v) is 16.4. The molecule has 2 aliphatic rings. The number of likely N-dealkylation sites (tertiary alicyclic amines) is 2. The van der Waals surface area contributed by atoms with Crippen molar-refractivity contribution in [2.45, 2.75) is 52.1 Å². The van der Waals surface area contributed by atoms with E-state index in [9.17, 15) is 0 Å². The van der Waals surface area contributed by atoms with E-state index in [-0.39, 0.29) is 0 Å². The van der Waals surface area contributed by atoms with Crippen LogP contribution in [0.25, 0.3) is 21.8 Å². The summed E-state index contributed by atoms with van der Waals surface area (Å²) in [6.45, 7) is 11.5. The standard InChI is InChI=1S/C35H44BrN4O2/c1-25-8-11-33-31(18-25)35(42-23-27-6-4-15-38(3)21-27)13-17-40(33)20-26(2)39-16-5-7-28(22-39)24-41-34-12-14-37-32-10-9-29(36)19-30(32)34/h8-14,17-19,26-28H,4-7,15-16,20-24H2,1-3H3/q+1. The highest BCUT2D eigenvalue weighted by molar-refractivity contribution is 9.10. The summed E-state index contributed by atoms with van der Waals surface area (Å²) in [7, 11) is 2.22. The van der Waals surface area contributed by atoms with Gasteiger partial charge in [0.15, 0.2) is 12.7 Å². The van der Waals surface area contributed by atoms with Crippen LogP contribution in [0.4, 0.5) is 0 Å². The van der Waals surface area contributed by atoms with Crippen LogP contribution in [-0.2, 0) is 6.54 Å². The molecule has 0 spiro atoms. The van der Waals surface area contributed by atoms with Gasteiger partial charge in [0.1, 0.15) is 11.5 Å². The van der Waals surface area contributed by atoms with Gasteiger partial charge in [0.05, 0.1) is 30.2 Å². The molecule has 0 amide bonds. The molecule has 3 unspecified atom stereocenters. The van der Waals surface area contributed by atoms with Crippen molar-refractivity contribution in [1.29, 1.82) is 0 Å². The normalized spacial score (nSPS) is 21.0. The van der Waals surface area contributed by atoms with Crippen LogP contribution in [0.15, 0.2) is 65.4 Å². The van der Waals surface area contributed by atoms with Crippen molar-refractivity contribution in [1.82, 2.24) is 14.8 Å². The Balaban J connectivity index is 1.11. The summed E-state index contributed by atoms with van der Waals surface area (Å²) in [6, 6.07) is 17.5. The van der Waals surface area contributed by atoms with Gasteiger partial charge in [-0.2, -0.15) is 4.57 Å². The lowest BCUT2D eigenvalue weighted by Gasteiger charge is -2.35. The highest BCUT2D eigenvalue weighted by Crippen LogP contribution is 2.29. The molecule has 42 heavy (non-hydrogen) atoms. The third-order valence-corrected chi connectivity index (χ3v) is 9.60. The van der Waals surface area contributed by atoms with Crippen LogP contribution in [0.1, 0.15) is 38.2 Å². The van der Waals surface area contributed by atoms with E-state index < -0.39 is 0 Å². The molecule has 4 aromatic rings. The van der Waals surface area contributed by atoms with E-state index in [1.54, 1.807) is 0 Å². The topological polar surface area (TPSA) is 41.7 Å². The van der Waals surface area contributed by atoms with Crippen molar-refractivity contribution < 1.29 is 14.0 Å². The highest BCUT2D eigenvalue weighted by Gasteiger charge is 2.27. The van der Waals surface area contributed by atoms with Gasteiger partial charge in [0.2, 0.25) is 5.52 Å². The SMILES string of the molecule is Cc1ccc2c(c1)c(OCC1CCCN(C)C1)cc[n+]2CC(C)N1CCCC(COc2ccnc3ccc(Br)cc23)C1. The quantitative estimate of drug-likeness (QED) is 0.194. The predicted octanol–water partition coefficient (Wildman–Crippen LogP) is 6.65. The number of hydrogen-bond acceptors (Lipinski definition) is 5. The van der Waals surface area contributed by atoms with Crippen LogP contribution in [0, 0.1) is 18.8 Å². The van der Waals surface area contributed by atoms with E-state index >= 15 is 0 Å². The van der Waals surface area contributed by atoms with Crippen molar-refractivity contribution in [3.8, 4) is 11.5 Å². The summed E-state index contributed by atoms with van der Waals surface area (Å²) >= 11 is 3.59. The Morgan fingerprint density at radius 3 is 2.50 bits per heavy atom. The number of aryl methyl sites for hydroxylation is 1. The number of fused-ring (bicyclic) bond motifs is 2. The summed E-state index contributed by atoms with van der Waals surface area (Å²) in [5.74, 6) is 3.04. The minimum Gasteiger partial charge on any atom is -0.492 e. The predicted molar refractivity (Wildman–Crippen MR) is 173 cm³/mol. The lowest BCUT2D eigenvalue weighted by atomic mass is 9.97. The number of ether oxygens (including phenoxy) is 2. The molecule has 2 aromatic carbocycles. The first-order valence-electron chi connectivity index (χ1n) is 15.6. The number of halogens is 1. The monoisotopic (exact) mass is 631 g/mol. The Kier molecular flexibility index (Phi) is 9.27.